The Kier molecular flexibility index (Phi) is 6.26. The van der Waals surface area contributed by atoms with Gasteiger partial charge in [-0.05, 0) is 49.7 Å². The number of ketones is 1. The highest BCUT2D eigenvalue weighted by atomic mass is 16.3. The number of carbonyl (C=O) groups is 2. The van der Waals surface area contributed by atoms with Crippen LogP contribution in [0.15, 0.2) is 71.7 Å². The Hall–Kier alpha value is -5.18. The number of phenolic OH excluding ortho intramolecular Hbond substituents is 1. The summed E-state index contributed by atoms with van der Waals surface area (Å²) in [5, 5.41) is 28.1. The fourth-order valence-corrected chi connectivity index (χ4v) is 4.22. The molecular weight excluding hydrogens is 482 g/mol. The number of fused-ring (bicyclic) bond motifs is 1. The summed E-state index contributed by atoms with van der Waals surface area (Å²) in [5.74, 6) is -0.503. The average Bonchev–Trinajstić information content (AvgIpc) is 3.40. The van der Waals surface area contributed by atoms with Crippen molar-refractivity contribution in [3.63, 3.8) is 0 Å². The highest BCUT2D eigenvalue weighted by Crippen LogP contribution is 2.29. The number of carbonyl (C=O) groups excluding carboxylic acids is 2. The van der Waals surface area contributed by atoms with E-state index < -0.39 is 0 Å². The Balaban J connectivity index is 1.38. The van der Waals surface area contributed by atoms with Gasteiger partial charge in [0.2, 0.25) is 0 Å². The zero-order chi connectivity index (χ0) is 27.0. The number of aromatic nitrogens is 3. The van der Waals surface area contributed by atoms with E-state index in [0.29, 0.717) is 44.7 Å². The van der Waals surface area contributed by atoms with E-state index in [4.69, 9.17) is 0 Å². The van der Waals surface area contributed by atoms with Crippen LogP contribution in [0.5, 0.6) is 11.6 Å². The molecule has 5 rings (SSSR count). The van der Waals surface area contributed by atoms with Crippen LogP contribution >= 0.6 is 0 Å². The van der Waals surface area contributed by atoms with Gasteiger partial charge in [0.15, 0.2) is 11.7 Å². The number of amides is 1. The lowest BCUT2D eigenvalue weighted by Gasteiger charge is -2.08. The van der Waals surface area contributed by atoms with Crippen molar-refractivity contribution in [2.45, 2.75) is 13.8 Å². The van der Waals surface area contributed by atoms with Gasteiger partial charge in [-0.25, -0.2) is 0 Å². The molecule has 0 aliphatic heterocycles. The van der Waals surface area contributed by atoms with Crippen LogP contribution in [-0.4, -0.2) is 42.9 Å². The van der Waals surface area contributed by atoms with Crippen LogP contribution in [0.4, 0.5) is 11.4 Å². The quantitative estimate of drug-likeness (QED) is 0.186. The number of H-pyrrole nitrogens is 1. The van der Waals surface area contributed by atoms with Crippen molar-refractivity contribution >= 4 is 40.2 Å². The number of phenols is 1. The van der Waals surface area contributed by atoms with Gasteiger partial charge in [0, 0.05) is 47.0 Å². The molecule has 0 saturated carbocycles. The van der Waals surface area contributed by atoms with Crippen LogP contribution in [0, 0.1) is 13.8 Å². The number of anilines is 1. The number of nitrogens with zero attached hydrogens (tertiary/aromatic N) is 3. The number of benzene rings is 3. The molecule has 0 aliphatic carbocycles. The molecule has 0 aliphatic rings. The first-order valence-electron chi connectivity index (χ1n) is 11.8. The third kappa shape index (κ3) is 4.77. The average molecular weight is 508 g/mol. The van der Waals surface area contributed by atoms with Crippen molar-refractivity contribution in [2.75, 3.05) is 5.32 Å². The van der Waals surface area contributed by atoms with Crippen molar-refractivity contribution in [3.05, 3.63) is 100 Å². The molecule has 38 heavy (non-hydrogen) atoms. The van der Waals surface area contributed by atoms with Crippen molar-refractivity contribution in [1.82, 2.24) is 14.8 Å². The molecule has 0 unspecified atom stereocenters. The second-order valence-electron chi connectivity index (χ2n) is 9.04. The molecule has 0 fully saturated rings. The van der Waals surface area contributed by atoms with Crippen molar-refractivity contribution in [2.24, 2.45) is 12.0 Å². The number of hydrogen-bond donors (Lipinski definition) is 4. The van der Waals surface area contributed by atoms with Crippen molar-refractivity contribution in [1.29, 1.82) is 0 Å². The van der Waals surface area contributed by atoms with Gasteiger partial charge >= 0.3 is 0 Å². The Bertz CT molecular complexity index is 1750. The zero-order valence-corrected chi connectivity index (χ0v) is 21.0. The van der Waals surface area contributed by atoms with Gasteiger partial charge in [0.05, 0.1) is 16.9 Å². The highest BCUT2D eigenvalue weighted by molar-refractivity contribution is 6.13. The van der Waals surface area contributed by atoms with E-state index in [1.807, 2.05) is 6.92 Å². The standard InChI is InChI=1S/C29H25N5O4/c1-16-7-9-20(14-26(16)35)30-15-23-22-10-8-19(13-24(22)32-28(23)37)27(36)18-5-4-6-21(12-18)31-29(38)25-11-17(2)33-34(25)3/h4-15,32,35,37H,1-3H3,(H,31,38). The molecule has 1 amide bonds. The van der Waals surface area contributed by atoms with E-state index in [2.05, 4.69) is 20.4 Å². The van der Waals surface area contributed by atoms with Gasteiger partial charge in [0.25, 0.3) is 5.91 Å². The summed E-state index contributed by atoms with van der Waals surface area (Å²) in [7, 11) is 1.70. The van der Waals surface area contributed by atoms with Crippen LogP contribution in [0.25, 0.3) is 10.9 Å². The number of nitrogens with one attached hydrogen (secondary N) is 2. The van der Waals surface area contributed by atoms with Crippen molar-refractivity contribution < 1.29 is 19.8 Å². The number of aromatic hydroxyl groups is 2. The molecule has 9 nitrogen and oxygen atoms in total. The number of hydrogen-bond acceptors (Lipinski definition) is 6. The molecule has 0 radical (unpaired) electrons. The van der Waals surface area contributed by atoms with Gasteiger partial charge in [-0.15, -0.1) is 0 Å². The number of aromatic amines is 1. The zero-order valence-electron chi connectivity index (χ0n) is 21.0. The molecule has 4 N–H and O–H groups in total. The first-order chi connectivity index (χ1) is 18.2. The maximum atomic E-state index is 13.3. The maximum Gasteiger partial charge on any atom is 0.273 e. The van der Waals surface area contributed by atoms with E-state index >= 15 is 0 Å². The molecule has 2 heterocycles. The first kappa shape index (κ1) is 24.5. The molecule has 0 spiro atoms. The van der Waals surface area contributed by atoms with Gasteiger partial charge in [-0.2, -0.15) is 5.10 Å². The van der Waals surface area contributed by atoms with E-state index in [0.717, 1.165) is 11.3 Å². The molecule has 2 aromatic heterocycles. The minimum absolute atomic E-state index is 0.0835. The molecule has 190 valence electrons. The Morgan fingerprint density at radius 1 is 1.00 bits per heavy atom. The second kappa shape index (κ2) is 9.70. The lowest BCUT2D eigenvalue weighted by molar-refractivity contribution is 0.101. The normalized spacial score (nSPS) is 11.3. The summed E-state index contributed by atoms with van der Waals surface area (Å²) in [5.41, 5.74) is 4.76. The minimum atomic E-state index is -0.323. The first-order valence-corrected chi connectivity index (χ1v) is 11.8. The molecular formula is C29H25N5O4. The predicted molar refractivity (Wildman–Crippen MR) is 146 cm³/mol. The molecule has 0 saturated heterocycles. The minimum Gasteiger partial charge on any atom is -0.508 e. The summed E-state index contributed by atoms with van der Waals surface area (Å²) in [6.07, 6.45) is 1.51. The second-order valence-corrected chi connectivity index (χ2v) is 9.04. The third-order valence-corrected chi connectivity index (χ3v) is 6.23. The van der Waals surface area contributed by atoms with Gasteiger partial charge in [-0.3, -0.25) is 19.3 Å². The van der Waals surface area contributed by atoms with Crippen molar-refractivity contribution in [3.8, 4) is 11.6 Å². The van der Waals surface area contributed by atoms with E-state index in [9.17, 15) is 19.8 Å². The fraction of sp³-hybridized carbons (Fsp3) is 0.103. The van der Waals surface area contributed by atoms with E-state index in [1.54, 1.807) is 80.7 Å². The molecule has 3 aromatic carbocycles. The Labute approximate surface area is 218 Å². The number of aryl methyl sites for hydroxylation is 3. The third-order valence-electron chi connectivity index (χ3n) is 6.23. The Morgan fingerprint density at radius 3 is 2.53 bits per heavy atom. The molecule has 9 heteroatoms. The van der Waals surface area contributed by atoms with Gasteiger partial charge in [0.1, 0.15) is 11.4 Å². The molecule has 5 aromatic rings. The highest BCUT2D eigenvalue weighted by Gasteiger charge is 2.16. The maximum absolute atomic E-state index is 13.3. The number of rotatable bonds is 6. The fourth-order valence-electron chi connectivity index (χ4n) is 4.22. The van der Waals surface area contributed by atoms with Crippen LogP contribution in [0.3, 0.4) is 0 Å². The van der Waals surface area contributed by atoms with Crippen LogP contribution in [0.2, 0.25) is 0 Å². The summed E-state index contributed by atoms with van der Waals surface area (Å²) in [6.45, 7) is 3.60. The predicted octanol–water partition coefficient (Wildman–Crippen LogP) is 5.16. The Morgan fingerprint density at radius 2 is 1.79 bits per heavy atom. The van der Waals surface area contributed by atoms with E-state index in [-0.39, 0.29) is 23.3 Å². The monoisotopic (exact) mass is 507 g/mol. The molecule has 0 bridgehead atoms. The van der Waals surface area contributed by atoms with Crippen LogP contribution < -0.4 is 5.32 Å². The van der Waals surface area contributed by atoms with Gasteiger partial charge < -0.3 is 20.5 Å². The SMILES string of the molecule is Cc1cc(C(=O)Nc2cccc(C(=O)c3ccc4c(C=Nc5ccc(C)c(O)c5)c(O)[nH]c4c3)c2)n(C)n1. The summed E-state index contributed by atoms with van der Waals surface area (Å²) < 4.78 is 1.50. The van der Waals surface area contributed by atoms with Gasteiger partial charge in [-0.1, -0.05) is 30.3 Å². The molecule has 0 atom stereocenters. The summed E-state index contributed by atoms with van der Waals surface area (Å²) in [6, 6.07) is 18.6. The number of aliphatic imine (C=N–C) groups is 1. The topological polar surface area (TPSA) is 133 Å². The summed E-state index contributed by atoms with van der Waals surface area (Å²) in [4.78, 5) is 33.2. The lowest BCUT2D eigenvalue weighted by atomic mass is 10.0. The van der Waals surface area contributed by atoms with Crippen LogP contribution in [-0.2, 0) is 7.05 Å². The largest absolute Gasteiger partial charge is 0.508 e. The lowest BCUT2D eigenvalue weighted by Crippen LogP contribution is -2.16. The van der Waals surface area contributed by atoms with Crippen LogP contribution in [0.1, 0.15) is 43.2 Å². The van der Waals surface area contributed by atoms with E-state index in [1.165, 1.54) is 10.9 Å². The smallest absolute Gasteiger partial charge is 0.273 e. The summed E-state index contributed by atoms with van der Waals surface area (Å²) >= 11 is 0.